The number of nitrogens with one attached hydrogen (secondary N) is 1. The number of H-pyrrole nitrogens is 1. The van der Waals surface area contributed by atoms with Crippen molar-refractivity contribution in [3.8, 4) is 23.1 Å². The maximum absolute atomic E-state index is 6.04. The molecule has 4 heterocycles. The lowest BCUT2D eigenvalue weighted by Gasteiger charge is -2.24. The number of fused-ring (bicyclic) bond motifs is 1. The maximum Gasteiger partial charge on any atom is 0.274 e. The molecule has 0 aliphatic carbocycles. The first kappa shape index (κ1) is 15.0. The lowest BCUT2D eigenvalue weighted by Crippen LogP contribution is -2.22. The molecule has 0 radical (unpaired) electrons. The third-order valence-electron chi connectivity index (χ3n) is 4.51. The van der Waals surface area contributed by atoms with Crippen molar-refractivity contribution in [1.29, 1.82) is 0 Å². The number of aryl methyl sites for hydroxylation is 1. The Labute approximate surface area is 148 Å². The summed E-state index contributed by atoms with van der Waals surface area (Å²) in [4.78, 5) is 7.45. The summed E-state index contributed by atoms with van der Waals surface area (Å²) in [6.45, 7) is 3.07. The van der Waals surface area contributed by atoms with Crippen LogP contribution >= 0.6 is 0 Å². The largest absolute Gasteiger partial charge is 0.365 e. The molecule has 0 unspecified atom stereocenters. The van der Waals surface area contributed by atoms with Crippen molar-refractivity contribution in [3.05, 3.63) is 59.4 Å². The Morgan fingerprint density at radius 2 is 2.08 bits per heavy atom. The molecule has 26 heavy (non-hydrogen) atoms. The van der Waals surface area contributed by atoms with Crippen molar-refractivity contribution in [2.75, 3.05) is 0 Å². The van der Waals surface area contributed by atoms with Gasteiger partial charge in [0.2, 0.25) is 5.82 Å². The van der Waals surface area contributed by atoms with Gasteiger partial charge in [0.1, 0.15) is 11.8 Å². The van der Waals surface area contributed by atoms with Crippen LogP contribution < -0.4 is 0 Å². The van der Waals surface area contributed by atoms with Gasteiger partial charge in [-0.2, -0.15) is 4.98 Å². The van der Waals surface area contributed by atoms with Gasteiger partial charge in [0, 0.05) is 6.20 Å². The average Bonchev–Trinajstić information content (AvgIpc) is 3.41. The zero-order valence-corrected chi connectivity index (χ0v) is 14.1. The van der Waals surface area contributed by atoms with E-state index in [1.807, 2.05) is 16.8 Å². The van der Waals surface area contributed by atoms with Gasteiger partial charge in [0.05, 0.1) is 18.8 Å². The molecule has 130 valence electrons. The number of benzene rings is 1. The van der Waals surface area contributed by atoms with Crippen LogP contribution in [0.1, 0.15) is 22.9 Å². The molecular formula is C18H16N6O2. The van der Waals surface area contributed by atoms with Gasteiger partial charge in [0.25, 0.3) is 5.89 Å². The lowest BCUT2D eigenvalue weighted by atomic mass is 10.1. The molecule has 8 heteroatoms. The van der Waals surface area contributed by atoms with E-state index in [1.54, 1.807) is 6.20 Å². The van der Waals surface area contributed by atoms with Gasteiger partial charge in [-0.3, -0.25) is 0 Å². The normalized spacial score (nSPS) is 16.6. The topological polar surface area (TPSA) is 94.7 Å². The smallest absolute Gasteiger partial charge is 0.274 e. The number of hydrogen-bond acceptors (Lipinski definition) is 6. The first-order valence-corrected chi connectivity index (χ1v) is 8.36. The summed E-state index contributed by atoms with van der Waals surface area (Å²) in [5, 5.41) is 12.5. The summed E-state index contributed by atoms with van der Waals surface area (Å²) in [6, 6.07) is 12.1. The van der Waals surface area contributed by atoms with E-state index < -0.39 is 0 Å². The van der Waals surface area contributed by atoms with E-state index in [0.29, 0.717) is 30.6 Å². The minimum absolute atomic E-state index is 0.0441. The molecule has 4 aromatic rings. The highest BCUT2D eigenvalue weighted by molar-refractivity contribution is 5.56. The second-order valence-corrected chi connectivity index (χ2v) is 6.28. The number of rotatable bonds is 3. The molecular weight excluding hydrogens is 332 g/mol. The fourth-order valence-electron chi connectivity index (χ4n) is 3.06. The van der Waals surface area contributed by atoms with Gasteiger partial charge in [-0.25, -0.2) is 4.68 Å². The molecule has 0 saturated carbocycles. The highest BCUT2D eigenvalue weighted by Gasteiger charge is 2.27. The summed E-state index contributed by atoms with van der Waals surface area (Å²) in [7, 11) is 0. The van der Waals surface area contributed by atoms with Gasteiger partial charge in [-0.15, -0.1) is 5.10 Å². The van der Waals surface area contributed by atoms with Crippen LogP contribution in [-0.4, -0.2) is 30.1 Å². The van der Waals surface area contributed by atoms with Crippen LogP contribution in [0.5, 0.6) is 0 Å². The molecule has 1 atom stereocenters. The van der Waals surface area contributed by atoms with E-state index in [-0.39, 0.29) is 6.10 Å². The molecule has 3 aromatic heterocycles. The lowest BCUT2D eigenvalue weighted by molar-refractivity contribution is -0.00112. The van der Waals surface area contributed by atoms with Crippen LogP contribution in [0.25, 0.3) is 23.1 Å². The van der Waals surface area contributed by atoms with Crippen molar-refractivity contribution >= 4 is 0 Å². The van der Waals surface area contributed by atoms with Crippen LogP contribution in [0.4, 0.5) is 0 Å². The van der Waals surface area contributed by atoms with Crippen LogP contribution in [0, 0.1) is 6.92 Å². The Balaban J connectivity index is 1.42. The number of nitrogens with zero attached hydrogens (tertiary/aromatic N) is 5. The zero-order valence-electron chi connectivity index (χ0n) is 14.1. The third kappa shape index (κ3) is 2.51. The van der Waals surface area contributed by atoms with E-state index >= 15 is 0 Å². The summed E-state index contributed by atoms with van der Waals surface area (Å²) < 4.78 is 13.2. The molecule has 1 N–H and O–H groups in total. The second kappa shape index (κ2) is 5.92. The molecule has 5 rings (SSSR count). The predicted molar refractivity (Wildman–Crippen MR) is 91.8 cm³/mol. The molecule has 0 saturated heterocycles. The van der Waals surface area contributed by atoms with E-state index in [2.05, 4.69) is 56.6 Å². The average molecular weight is 348 g/mol. The summed E-state index contributed by atoms with van der Waals surface area (Å²) >= 11 is 0. The molecule has 1 aromatic carbocycles. The molecule has 0 fully saturated rings. The van der Waals surface area contributed by atoms with Crippen LogP contribution in [-0.2, 0) is 17.9 Å². The minimum atomic E-state index is -0.0441. The van der Waals surface area contributed by atoms with Gasteiger partial charge in [-0.05, 0) is 24.6 Å². The fourth-order valence-corrected chi connectivity index (χ4v) is 3.06. The van der Waals surface area contributed by atoms with E-state index in [4.69, 9.17) is 9.26 Å². The summed E-state index contributed by atoms with van der Waals surface area (Å²) in [5.74, 6) is 0.828. The molecule has 1 aliphatic heterocycles. The highest BCUT2D eigenvalue weighted by Crippen LogP contribution is 2.30. The summed E-state index contributed by atoms with van der Waals surface area (Å²) in [5.41, 5.74) is 4.57. The maximum atomic E-state index is 6.04. The molecule has 0 amide bonds. The SMILES string of the molecule is Cc1ccc([C@H]2Cn3nnc(-c4noc(-c5ccc[nH]5)n4)c3CO2)cc1. The minimum Gasteiger partial charge on any atom is -0.365 e. The Hall–Kier alpha value is -3.26. The standard InChI is InChI=1S/C18H16N6O2/c1-11-4-6-12(7-5-11)15-9-24-14(10-25-15)16(21-23-24)17-20-18(26-22-17)13-3-2-8-19-13/h2-8,15,19H,9-10H2,1H3/t15-/m1/s1. The molecule has 8 nitrogen and oxygen atoms in total. The quantitative estimate of drug-likeness (QED) is 0.612. The van der Waals surface area contributed by atoms with Crippen LogP contribution in [0.2, 0.25) is 0 Å². The molecule has 0 spiro atoms. The monoisotopic (exact) mass is 348 g/mol. The van der Waals surface area contributed by atoms with E-state index in [9.17, 15) is 0 Å². The Morgan fingerprint density at radius 3 is 2.88 bits per heavy atom. The first-order valence-electron chi connectivity index (χ1n) is 8.36. The Kier molecular flexibility index (Phi) is 3.42. The molecule has 1 aliphatic rings. The first-order chi connectivity index (χ1) is 12.8. The van der Waals surface area contributed by atoms with Crippen molar-refractivity contribution in [1.82, 2.24) is 30.1 Å². The second-order valence-electron chi connectivity index (χ2n) is 6.28. The highest BCUT2D eigenvalue weighted by atomic mass is 16.5. The van der Waals surface area contributed by atoms with Gasteiger partial charge in [-0.1, -0.05) is 40.2 Å². The number of aromatic amines is 1. The fraction of sp³-hybridized carbons (Fsp3) is 0.222. The number of hydrogen-bond donors (Lipinski definition) is 1. The van der Waals surface area contributed by atoms with Crippen molar-refractivity contribution in [2.45, 2.75) is 26.2 Å². The van der Waals surface area contributed by atoms with Crippen LogP contribution in [0.15, 0.2) is 47.1 Å². The van der Waals surface area contributed by atoms with Gasteiger partial charge >= 0.3 is 0 Å². The Morgan fingerprint density at radius 1 is 1.19 bits per heavy atom. The van der Waals surface area contributed by atoms with E-state index in [0.717, 1.165) is 17.0 Å². The number of aromatic nitrogens is 6. The van der Waals surface area contributed by atoms with Crippen molar-refractivity contribution < 1.29 is 9.26 Å². The van der Waals surface area contributed by atoms with Crippen molar-refractivity contribution in [2.24, 2.45) is 0 Å². The zero-order chi connectivity index (χ0) is 17.5. The van der Waals surface area contributed by atoms with Crippen molar-refractivity contribution in [3.63, 3.8) is 0 Å². The third-order valence-corrected chi connectivity index (χ3v) is 4.51. The summed E-state index contributed by atoms with van der Waals surface area (Å²) in [6.07, 6.45) is 1.76. The van der Waals surface area contributed by atoms with Crippen LogP contribution in [0.3, 0.4) is 0 Å². The molecule has 0 bridgehead atoms. The number of ether oxygens (including phenoxy) is 1. The van der Waals surface area contributed by atoms with Gasteiger partial charge < -0.3 is 14.2 Å². The Bertz CT molecular complexity index is 1030. The predicted octanol–water partition coefficient (Wildman–Crippen LogP) is 2.90. The van der Waals surface area contributed by atoms with Gasteiger partial charge in [0.15, 0.2) is 5.69 Å². The van der Waals surface area contributed by atoms with E-state index in [1.165, 1.54) is 5.56 Å².